The van der Waals surface area contributed by atoms with Crippen LogP contribution in [0, 0.1) is 6.92 Å². The van der Waals surface area contributed by atoms with Crippen LogP contribution in [0.3, 0.4) is 0 Å². The van der Waals surface area contributed by atoms with Crippen LogP contribution in [-0.4, -0.2) is 0 Å². The predicted molar refractivity (Wildman–Crippen MR) is 66.3 cm³/mol. The first-order valence-corrected chi connectivity index (χ1v) is 5.64. The Morgan fingerprint density at radius 1 is 1.07 bits per heavy atom. The third-order valence-electron chi connectivity index (χ3n) is 2.97. The second kappa shape index (κ2) is 4.06. The molecule has 0 spiro atoms. The molecular formula is C15H18. The Balaban J connectivity index is 2.45. The highest BCUT2D eigenvalue weighted by atomic mass is 14.2. The zero-order valence-electron chi connectivity index (χ0n) is 9.70. The number of hydrogen-bond donors (Lipinski definition) is 0. The Morgan fingerprint density at radius 2 is 1.73 bits per heavy atom. The maximum absolute atomic E-state index is 2.32. The van der Waals surface area contributed by atoms with Crippen LogP contribution in [0.15, 0.2) is 42.5 Å². The summed E-state index contributed by atoms with van der Waals surface area (Å²) in [6.07, 6.45) is 8.79. The van der Waals surface area contributed by atoms with Crippen LogP contribution >= 0.6 is 0 Å². The van der Waals surface area contributed by atoms with E-state index in [9.17, 15) is 0 Å². The number of allylic oxidation sites excluding steroid dienone is 4. The fourth-order valence-corrected chi connectivity index (χ4v) is 2.14. The van der Waals surface area contributed by atoms with E-state index in [1.54, 1.807) is 0 Å². The quantitative estimate of drug-likeness (QED) is 0.663. The summed E-state index contributed by atoms with van der Waals surface area (Å²) in [5.41, 5.74) is 4.30. The van der Waals surface area contributed by atoms with Gasteiger partial charge in [-0.15, -0.1) is 0 Å². The lowest BCUT2D eigenvalue weighted by Gasteiger charge is -2.16. The van der Waals surface area contributed by atoms with Gasteiger partial charge in [-0.1, -0.05) is 61.9 Å². The molecule has 0 heterocycles. The zero-order valence-corrected chi connectivity index (χ0v) is 9.70. The van der Waals surface area contributed by atoms with Gasteiger partial charge in [0.2, 0.25) is 0 Å². The topological polar surface area (TPSA) is 0 Å². The summed E-state index contributed by atoms with van der Waals surface area (Å²) in [5, 5.41) is 0. The highest BCUT2D eigenvalue weighted by Gasteiger charge is 2.13. The van der Waals surface area contributed by atoms with Gasteiger partial charge in [0.25, 0.3) is 0 Å². The summed E-state index contributed by atoms with van der Waals surface area (Å²) in [7, 11) is 0. The molecular weight excluding hydrogens is 180 g/mol. The molecule has 78 valence electrons. The first-order valence-electron chi connectivity index (χ1n) is 5.64. The van der Waals surface area contributed by atoms with Crippen LogP contribution in [0.5, 0.6) is 0 Å². The van der Waals surface area contributed by atoms with Gasteiger partial charge in [-0.3, -0.25) is 0 Å². The van der Waals surface area contributed by atoms with Gasteiger partial charge in [0.1, 0.15) is 0 Å². The van der Waals surface area contributed by atoms with Crippen molar-refractivity contribution in [2.24, 2.45) is 0 Å². The molecule has 0 bridgehead atoms. The van der Waals surface area contributed by atoms with E-state index >= 15 is 0 Å². The Hall–Kier alpha value is -1.30. The fraction of sp³-hybridized carbons (Fsp3) is 0.333. The highest BCUT2D eigenvalue weighted by Crippen LogP contribution is 2.30. The third kappa shape index (κ3) is 2.04. The van der Waals surface area contributed by atoms with Crippen LogP contribution in [0.25, 0.3) is 0 Å². The Kier molecular flexibility index (Phi) is 2.77. The van der Waals surface area contributed by atoms with E-state index in [-0.39, 0.29) is 0 Å². The lowest BCUT2D eigenvalue weighted by molar-refractivity contribution is 0.838. The van der Waals surface area contributed by atoms with Crippen molar-refractivity contribution in [1.82, 2.24) is 0 Å². The Morgan fingerprint density at radius 3 is 2.33 bits per heavy atom. The van der Waals surface area contributed by atoms with E-state index < -0.39 is 0 Å². The molecule has 0 aromatic heterocycles. The molecule has 0 aliphatic heterocycles. The number of hydrogen-bond acceptors (Lipinski definition) is 0. The standard InChI is InChI=1S/C15H18/c1-11(2)15-10-12(3)8-9-14(15)13-6-4-5-7-13/h4-11,13H,1-3H3. The summed E-state index contributed by atoms with van der Waals surface area (Å²) in [4.78, 5) is 0. The van der Waals surface area contributed by atoms with Gasteiger partial charge in [0.05, 0.1) is 0 Å². The Bertz CT molecular complexity index is 396. The minimum atomic E-state index is 0.489. The maximum Gasteiger partial charge on any atom is 0.0207 e. The van der Waals surface area contributed by atoms with Gasteiger partial charge in [-0.25, -0.2) is 0 Å². The van der Waals surface area contributed by atoms with Crippen molar-refractivity contribution in [1.29, 1.82) is 0 Å². The van der Waals surface area contributed by atoms with Crippen molar-refractivity contribution in [3.05, 3.63) is 59.2 Å². The minimum Gasteiger partial charge on any atom is -0.0732 e. The SMILES string of the molecule is Cc1ccc(C2C=CC=C2)c(C(C)C)c1. The number of benzene rings is 1. The van der Waals surface area contributed by atoms with E-state index in [1.807, 2.05) is 0 Å². The second-order valence-electron chi connectivity index (χ2n) is 4.58. The van der Waals surface area contributed by atoms with Crippen molar-refractivity contribution in [2.45, 2.75) is 32.6 Å². The predicted octanol–water partition coefficient (Wildman–Crippen LogP) is 4.33. The monoisotopic (exact) mass is 198 g/mol. The number of rotatable bonds is 2. The van der Waals surface area contributed by atoms with Crippen molar-refractivity contribution in [2.75, 3.05) is 0 Å². The lowest BCUT2D eigenvalue weighted by atomic mass is 9.88. The van der Waals surface area contributed by atoms with Gasteiger partial charge in [0.15, 0.2) is 0 Å². The first-order chi connectivity index (χ1) is 7.18. The summed E-state index contributed by atoms with van der Waals surface area (Å²) in [6, 6.07) is 6.80. The molecule has 0 unspecified atom stereocenters. The van der Waals surface area contributed by atoms with E-state index in [0.717, 1.165) is 0 Å². The third-order valence-corrected chi connectivity index (χ3v) is 2.97. The molecule has 15 heavy (non-hydrogen) atoms. The normalized spacial score (nSPS) is 15.5. The largest absolute Gasteiger partial charge is 0.0732 e. The highest BCUT2D eigenvalue weighted by molar-refractivity contribution is 5.43. The van der Waals surface area contributed by atoms with Crippen molar-refractivity contribution < 1.29 is 0 Å². The van der Waals surface area contributed by atoms with E-state index in [1.165, 1.54) is 16.7 Å². The minimum absolute atomic E-state index is 0.489. The average Bonchev–Trinajstić information content (AvgIpc) is 2.70. The smallest absolute Gasteiger partial charge is 0.0207 e. The summed E-state index contributed by atoms with van der Waals surface area (Å²) in [5.74, 6) is 1.09. The van der Waals surface area contributed by atoms with E-state index in [4.69, 9.17) is 0 Å². The lowest BCUT2D eigenvalue weighted by Crippen LogP contribution is -1.99. The molecule has 0 nitrogen and oxygen atoms in total. The van der Waals surface area contributed by atoms with Crippen LogP contribution in [0.4, 0.5) is 0 Å². The molecule has 1 aromatic rings. The molecule has 1 aliphatic rings. The maximum atomic E-state index is 2.32. The van der Waals surface area contributed by atoms with E-state index in [0.29, 0.717) is 11.8 Å². The fourth-order valence-electron chi connectivity index (χ4n) is 2.14. The van der Waals surface area contributed by atoms with Crippen LogP contribution in [0.2, 0.25) is 0 Å². The van der Waals surface area contributed by atoms with Gasteiger partial charge in [0, 0.05) is 5.92 Å². The molecule has 0 atom stereocenters. The van der Waals surface area contributed by atoms with Crippen LogP contribution in [-0.2, 0) is 0 Å². The van der Waals surface area contributed by atoms with Crippen LogP contribution < -0.4 is 0 Å². The van der Waals surface area contributed by atoms with E-state index in [2.05, 4.69) is 63.3 Å². The molecule has 0 fully saturated rings. The molecule has 2 rings (SSSR count). The zero-order chi connectivity index (χ0) is 10.8. The van der Waals surface area contributed by atoms with Crippen molar-refractivity contribution >= 4 is 0 Å². The summed E-state index contributed by atoms with van der Waals surface area (Å²) in [6.45, 7) is 6.69. The molecule has 0 saturated heterocycles. The molecule has 0 radical (unpaired) electrons. The van der Waals surface area contributed by atoms with Crippen molar-refractivity contribution in [3.63, 3.8) is 0 Å². The van der Waals surface area contributed by atoms with Crippen LogP contribution in [0.1, 0.15) is 42.4 Å². The Labute approximate surface area is 92.3 Å². The van der Waals surface area contributed by atoms with Crippen molar-refractivity contribution in [3.8, 4) is 0 Å². The first kappa shape index (κ1) is 10.2. The molecule has 1 aromatic carbocycles. The molecule has 0 heteroatoms. The molecule has 1 aliphatic carbocycles. The van der Waals surface area contributed by atoms with Gasteiger partial charge in [-0.2, -0.15) is 0 Å². The summed E-state index contributed by atoms with van der Waals surface area (Å²) >= 11 is 0. The molecule has 0 saturated carbocycles. The average molecular weight is 198 g/mol. The van der Waals surface area contributed by atoms with Gasteiger partial charge < -0.3 is 0 Å². The summed E-state index contributed by atoms with van der Waals surface area (Å²) < 4.78 is 0. The molecule has 0 N–H and O–H groups in total. The molecule has 0 amide bonds. The van der Waals surface area contributed by atoms with Gasteiger partial charge in [-0.05, 0) is 24.0 Å². The second-order valence-corrected chi connectivity index (χ2v) is 4.58. The number of aryl methyl sites for hydroxylation is 1. The van der Waals surface area contributed by atoms with Gasteiger partial charge >= 0.3 is 0 Å².